The van der Waals surface area contributed by atoms with E-state index in [2.05, 4.69) is 76.1 Å². The van der Waals surface area contributed by atoms with E-state index < -0.39 is 0 Å². The number of rotatable bonds is 5. The van der Waals surface area contributed by atoms with Crippen molar-refractivity contribution in [3.63, 3.8) is 0 Å². The molecule has 2 aliphatic heterocycles. The van der Waals surface area contributed by atoms with Crippen LogP contribution in [0.3, 0.4) is 0 Å². The van der Waals surface area contributed by atoms with Gasteiger partial charge in [-0.25, -0.2) is 4.98 Å². The molecule has 3 aromatic heterocycles. The number of anilines is 2. The topological polar surface area (TPSA) is 49.2 Å². The van der Waals surface area contributed by atoms with Crippen LogP contribution in [-0.4, -0.2) is 32.7 Å². The molecule has 2 saturated heterocycles. The van der Waals surface area contributed by atoms with Gasteiger partial charge in [0.15, 0.2) is 5.11 Å². The molecule has 2 aliphatic rings. The fraction of sp³-hybridized carbons (Fsp3) is 0.323. The summed E-state index contributed by atoms with van der Waals surface area (Å²) in [5.74, 6) is 2.15. The molecule has 5 heterocycles. The quantitative estimate of drug-likeness (QED) is 0.270. The predicted octanol–water partition coefficient (Wildman–Crippen LogP) is 6.89. The molecule has 8 heteroatoms. The second-order valence-electron chi connectivity index (χ2n) is 11.0. The molecule has 200 valence electrons. The van der Waals surface area contributed by atoms with Crippen molar-refractivity contribution in [2.24, 2.45) is 11.8 Å². The summed E-state index contributed by atoms with van der Waals surface area (Å²) in [5, 5.41) is 4.95. The standard InChI is InChI=1S/C31H33ClN6S/c1-20-9-12-28(34-17-20)37-14-6-8-27(37)30-29(25-7-4-5-13-33-25)35-31(39)38(30)23-10-11-26(24(32)16-23)36-18-21(2)15-22(3)19-36/h4-14,16-17,21-22,29-30H,15,18-19H2,1-3H3,(H,35,39)/t21-,22+,29-,30+/m0/s1. The molecule has 4 atom stereocenters. The van der Waals surface area contributed by atoms with Gasteiger partial charge in [-0.05, 0) is 91.5 Å². The largest absolute Gasteiger partial charge is 0.370 e. The molecule has 2 fully saturated rings. The number of aryl methyl sites for hydroxylation is 1. The van der Waals surface area contributed by atoms with Crippen molar-refractivity contribution < 1.29 is 0 Å². The Hall–Kier alpha value is -3.42. The molecular weight excluding hydrogens is 524 g/mol. The highest BCUT2D eigenvalue weighted by atomic mass is 35.5. The van der Waals surface area contributed by atoms with Gasteiger partial charge < -0.3 is 19.7 Å². The van der Waals surface area contributed by atoms with Gasteiger partial charge in [-0.2, -0.15) is 0 Å². The smallest absolute Gasteiger partial charge is 0.174 e. The van der Waals surface area contributed by atoms with Crippen molar-refractivity contribution in [1.29, 1.82) is 0 Å². The molecular formula is C31H33ClN6S. The molecule has 6 rings (SSSR count). The molecule has 4 aromatic rings. The lowest BCUT2D eigenvalue weighted by Crippen LogP contribution is -2.38. The lowest BCUT2D eigenvalue weighted by atomic mass is 9.91. The van der Waals surface area contributed by atoms with Crippen LogP contribution in [0.1, 0.15) is 49.3 Å². The van der Waals surface area contributed by atoms with E-state index in [1.165, 1.54) is 6.42 Å². The molecule has 39 heavy (non-hydrogen) atoms. The van der Waals surface area contributed by atoms with E-state index in [0.29, 0.717) is 16.9 Å². The van der Waals surface area contributed by atoms with Crippen LogP contribution in [-0.2, 0) is 0 Å². The van der Waals surface area contributed by atoms with Gasteiger partial charge in [0.2, 0.25) is 0 Å². The average molecular weight is 557 g/mol. The number of thiocarbonyl (C=S) groups is 1. The van der Waals surface area contributed by atoms with Gasteiger partial charge in [0.25, 0.3) is 0 Å². The van der Waals surface area contributed by atoms with Crippen molar-refractivity contribution in [2.45, 2.75) is 39.3 Å². The van der Waals surface area contributed by atoms with E-state index >= 15 is 0 Å². The van der Waals surface area contributed by atoms with Gasteiger partial charge in [-0.1, -0.05) is 37.6 Å². The second-order valence-corrected chi connectivity index (χ2v) is 11.8. The lowest BCUT2D eigenvalue weighted by molar-refractivity contribution is 0.357. The van der Waals surface area contributed by atoms with Crippen molar-refractivity contribution >= 4 is 40.3 Å². The number of piperidine rings is 1. The minimum atomic E-state index is -0.164. The zero-order chi connectivity index (χ0) is 27.1. The number of nitrogens with zero attached hydrogens (tertiary/aromatic N) is 5. The molecule has 0 saturated carbocycles. The van der Waals surface area contributed by atoms with Crippen LogP contribution in [0.4, 0.5) is 11.4 Å². The van der Waals surface area contributed by atoms with E-state index in [-0.39, 0.29) is 12.1 Å². The number of hydrogen-bond donors (Lipinski definition) is 1. The van der Waals surface area contributed by atoms with Crippen molar-refractivity contribution in [3.8, 4) is 5.82 Å². The van der Waals surface area contributed by atoms with Crippen LogP contribution < -0.4 is 15.1 Å². The van der Waals surface area contributed by atoms with Crippen molar-refractivity contribution in [3.05, 3.63) is 101 Å². The third kappa shape index (κ3) is 5.01. The van der Waals surface area contributed by atoms with Crippen molar-refractivity contribution in [2.75, 3.05) is 22.9 Å². The Morgan fingerprint density at radius 3 is 2.49 bits per heavy atom. The minimum absolute atomic E-state index is 0.153. The fourth-order valence-electron chi connectivity index (χ4n) is 6.14. The zero-order valence-corrected chi connectivity index (χ0v) is 24.0. The Kier molecular flexibility index (Phi) is 7.04. The van der Waals surface area contributed by atoms with Gasteiger partial charge in [0, 0.05) is 43.1 Å². The maximum atomic E-state index is 6.99. The molecule has 0 bridgehead atoms. The first-order valence-electron chi connectivity index (χ1n) is 13.5. The Labute approximate surface area is 240 Å². The number of benzene rings is 1. The Balaban J connectivity index is 1.42. The normalized spacial score (nSPS) is 23.2. The third-order valence-electron chi connectivity index (χ3n) is 7.74. The van der Waals surface area contributed by atoms with Crippen LogP contribution in [0, 0.1) is 18.8 Å². The summed E-state index contributed by atoms with van der Waals surface area (Å²) >= 11 is 13.0. The molecule has 0 spiro atoms. The number of aromatic nitrogens is 3. The Bertz CT molecular complexity index is 1460. The van der Waals surface area contributed by atoms with Crippen LogP contribution in [0.5, 0.6) is 0 Å². The summed E-state index contributed by atoms with van der Waals surface area (Å²) < 4.78 is 2.13. The molecule has 0 aliphatic carbocycles. The third-order valence-corrected chi connectivity index (χ3v) is 8.36. The first-order chi connectivity index (χ1) is 18.9. The van der Waals surface area contributed by atoms with Gasteiger partial charge in [-0.15, -0.1) is 0 Å². The zero-order valence-electron chi connectivity index (χ0n) is 22.5. The highest BCUT2D eigenvalue weighted by Gasteiger charge is 2.42. The fourth-order valence-corrected chi connectivity index (χ4v) is 6.78. The van der Waals surface area contributed by atoms with Gasteiger partial charge in [0.05, 0.1) is 22.4 Å². The van der Waals surface area contributed by atoms with E-state index in [0.717, 1.165) is 52.3 Å². The first kappa shape index (κ1) is 25.8. The Morgan fingerprint density at radius 1 is 0.974 bits per heavy atom. The molecule has 6 nitrogen and oxygen atoms in total. The highest BCUT2D eigenvalue weighted by Crippen LogP contribution is 2.44. The summed E-state index contributed by atoms with van der Waals surface area (Å²) in [6.45, 7) is 8.73. The van der Waals surface area contributed by atoms with E-state index in [9.17, 15) is 0 Å². The summed E-state index contributed by atoms with van der Waals surface area (Å²) in [4.78, 5) is 14.0. The van der Waals surface area contributed by atoms with Gasteiger partial charge in [-0.3, -0.25) is 4.98 Å². The summed E-state index contributed by atoms with van der Waals surface area (Å²) in [6, 6.07) is 20.3. The van der Waals surface area contributed by atoms with E-state index in [4.69, 9.17) is 33.8 Å². The van der Waals surface area contributed by atoms with E-state index in [1.807, 2.05) is 43.6 Å². The maximum Gasteiger partial charge on any atom is 0.174 e. The van der Waals surface area contributed by atoms with Crippen molar-refractivity contribution in [1.82, 2.24) is 19.9 Å². The predicted molar refractivity (Wildman–Crippen MR) is 163 cm³/mol. The lowest BCUT2D eigenvalue weighted by Gasteiger charge is -2.37. The number of pyridine rings is 2. The molecule has 1 N–H and O–H groups in total. The minimum Gasteiger partial charge on any atom is -0.370 e. The summed E-state index contributed by atoms with van der Waals surface area (Å²) in [7, 11) is 0. The first-order valence-corrected chi connectivity index (χ1v) is 14.3. The molecule has 0 unspecified atom stereocenters. The number of hydrogen-bond acceptors (Lipinski definition) is 4. The molecule has 0 amide bonds. The van der Waals surface area contributed by atoms with Crippen LogP contribution in [0.15, 0.2) is 79.3 Å². The SMILES string of the molecule is Cc1ccc(-n2cccc2[C@@H]2[C@H](c3ccccn3)NC(=S)N2c2ccc(N3C[C@H](C)C[C@H](C)C3)c(Cl)c2)nc1. The summed E-state index contributed by atoms with van der Waals surface area (Å²) in [6.07, 6.45) is 7.03. The van der Waals surface area contributed by atoms with Crippen LogP contribution in [0.25, 0.3) is 5.82 Å². The number of nitrogens with one attached hydrogen (secondary N) is 1. The number of halogens is 1. The average Bonchev–Trinajstić information content (AvgIpc) is 3.53. The monoisotopic (exact) mass is 556 g/mol. The highest BCUT2D eigenvalue weighted by molar-refractivity contribution is 7.80. The van der Waals surface area contributed by atoms with Crippen LogP contribution >= 0.6 is 23.8 Å². The molecule has 1 aromatic carbocycles. The van der Waals surface area contributed by atoms with Crippen LogP contribution in [0.2, 0.25) is 5.02 Å². The summed E-state index contributed by atoms with van der Waals surface area (Å²) in [5.41, 5.74) is 5.15. The van der Waals surface area contributed by atoms with E-state index in [1.54, 1.807) is 0 Å². The molecule has 0 radical (unpaired) electrons. The maximum absolute atomic E-state index is 6.99. The Morgan fingerprint density at radius 2 is 1.79 bits per heavy atom. The van der Waals surface area contributed by atoms with Gasteiger partial charge in [0.1, 0.15) is 11.9 Å². The van der Waals surface area contributed by atoms with Gasteiger partial charge >= 0.3 is 0 Å². The second kappa shape index (κ2) is 10.6.